The predicted molar refractivity (Wildman–Crippen MR) is 162 cm³/mol. The van der Waals surface area contributed by atoms with E-state index in [9.17, 15) is 32.3 Å². The first-order valence-corrected chi connectivity index (χ1v) is 15.2. The van der Waals surface area contributed by atoms with Crippen molar-refractivity contribution >= 4 is 52.2 Å². The molecule has 1 fully saturated rings. The van der Waals surface area contributed by atoms with Gasteiger partial charge in [0.15, 0.2) is 11.5 Å². The van der Waals surface area contributed by atoms with Crippen LogP contribution in [0, 0.1) is 5.92 Å². The van der Waals surface area contributed by atoms with E-state index in [2.05, 4.69) is 5.32 Å². The summed E-state index contributed by atoms with van der Waals surface area (Å²) in [5.41, 5.74) is -0.00747. The second-order valence-electron chi connectivity index (χ2n) is 10.3. The average molecular weight is 656 g/mol. The summed E-state index contributed by atoms with van der Waals surface area (Å²) in [6.07, 6.45) is -4.60. The highest BCUT2D eigenvalue weighted by Gasteiger charge is 2.57. The molecular formula is C31H24F3N3O6S2. The van der Waals surface area contributed by atoms with Gasteiger partial charge in [0, 0.05) is 16.5 Å². The number of aromatic nitrogens is 1. The minimum atomic E-state index is -4.60. The highest BCUT2D eigenvalue weighted by molar-refractivity contribution is 8.00. The molecule has 3 amide bonds. The Morgan fingerprint density at radius 1 is 0.911 bits per heavy atom. The van der Waals surface area contributed by atoms with E-state index >= 15 is 0 Å². The zero-order valence-electron chi connectivity index (χ0n) is 23.7. The summed E-state index contributed by atoms with van der Waals surface area (Å²) in [4.78, 5) is 55.4. The van der Waals surface area contributed by atoms with E-state index in [1.807, 2.05) is 0 Å². The molecule has 0 spiro atoms. The van der Waals surface area contributed by atoms with Gasteiger partial charge < -0.3 is 14.8 Å². The number of hydrogen-bond donors (Lipinski definition) is 1. The van der Waals surface area contributed by atoms with Gasteiger partial charge in [-0.05, 0) is 48.0 Å². The average Bonchev–Trinajstić information content (AvgIpc) is 3.46. The van der Waals surface area contributed by atoms with Crippen LogP contribution in [0.3, 0.4) is 0 Å². The number of nitrogens with zero attached hydrogens (tertiary/aromatic N) is 2. The van der Waals surface area contributed by atoms with Crippen LogP contribution in [0.2, 0.25) is 0 Å². The van der Waals surface area contributed by atoms with E-state index in [0.717, 1.165) is 40.1 Å². The zero-order chi connectivity index (χ0) is 32.0. The number of thioether (sulfide) groups is 1. The summed E-state index contributed by atoms with van der Waals surface area (Å²) in [5, 5.41) is 1.84. The van der Waals surface area contributed by atoms with Crippen molar-refractivity contribution in [3.8, 4) is 11.5 Å². The first-order chi connectivity index (χ1) is 21.5. The van der Waals surface area contributed by atoms with E-state index in [1.54, 1.807) is 48.5 Å². The molecule has 1 aromatic heterocycles. The number of para-hydroxylation sites is 1. The monoisotopic (exact) mass is 655 g/mol. The number of methoxy groups -OCH3 is 2. The van der Waals surface area contributed by atoms with Crippen molar-refractivity contribution in [3.05, 3.63) is 98.5 Å². The Bertz CT molecular complexity index is 1870. The standard InChI is InChI=1S/C31H24F3N3O6S2/c1-42-20-12-11-16(13-21(20)43-2)23-24-25(28(40)37(27(24)39)19-9-4-3-5-10-19)44-29-26(23)45-30(41)36(29)15-22(38)35-18-8-6-7-17(14-18)31(32,33)34/h3-14,23-25H,15H2,1-2H3,(H,35,38)/t23-,24-,25+/m0/s1. The van der Waals surface area contributed by atoms with Crippen molar-refractivity contribution in [2.75, 3.05) is 24.4 Å². The van der Waals surface area contributed by atoms with Crippen LogP contribution in [0.5, 0.6) is 11.5 Å². The van der Waals surface area contributed by atoms with Gasteiger partial charge in [-0.25, -0.2) is 4.90 Å². The number of thiazole rings is 1. The highest BCUT2D eigenvalue weighted by atomic mass is 32.2. The van der Waals surface area contributed by atoms with Crippen molar-refractivity contribution in [2.45, 2.75) is 28.9 Å². The fourth-order valence-electron chi connectivity index (χ4n) is 5.61. The number of imide groups is 1. The number of carbonyl (C=O) groups excluding carboxylic acids is 3. The third kappa shape index (κ3) is 5.48. The second-order valence-corrected chi connectivity index (χ2v) is 12.4. The second kappa shape index (κ2) is 11.7. The van der Waals surface area contributed by atoms with Gasteiger partial charge in [0.1, 0.15) is 11.8 Å². The summed E-state index contributed by atoms with van der Waals surface area (Å²) in [6, 6.07) is 17.8. The van der Waals surface area contributed by atoms with Gasteiger partial charge in [-0.1, -0.05) is 53.4 Å². The third-order valence-corrected chi connectivity index (χ3v) is 10.2. The fourth-order valence-corrected chi connectivity index (χ4v) is 8.38. The molecule has 9 nitrogen and oxygen atoms in total. The molecule has 1 saturated heterocycles. The molecule has 45 heavy (non-hydrogen) atoms. The molecular weight excluding hydrogens is 631 g/mol. The molecule has 0 radical (unpaired) electrons. The number of alkyl halides is 3. The number of fused-ring (bicyclic) bond motifs is 2. The molecule has 3 heterocycles. The number of nitrogens with one attached hydrogen (secondary N) is 1. The Labute approximate surface area is 262 Å². The zero-order valence-corrected chi connectivity index (χ0v) is 25.3. The summed E-state index contributed by atoms with van der Waals surface area (Å²) < 4.78 is 51.6. The maximum absolute atomic E-state index is 14.0. The predicted octanol–water partition coefficient (Wildman–Crippen LogP) is 5.38. The molecule has 2 aliphatic rings. The Morgan fingerprint density at radius 2 is 1.64 bits per heavy atom. The van der Waals surface area contributed by atoms with Crippen LogP contribution in [0.4, 0.5) is 24.5 Å². The van der Waals surface area contributed by atoms with Crippen LogP contribution in [0.25, 0.3) is 0 Å². The van der Waals surface area contributed by atoms with Gasteiger partial charge in [-0.3, -0.25) is 23.7 Å². The molecule has 3 atom stereocenters. The van der Waals surface area contributed by atoms with Gasteiger partial charge >= 0.3 is 11.0 Å². The molecule has 0 unspecified atom stereocenters. The summed E-state index contributed by atoms with van der Waals surface area (Å²) in [6.45, 7) is -0.519. The first kappa shape index (κ1) is 30.5. The van der Waals surface area contributed by atoms with E-state index in [4.69, 9.17) is 9.47 Å². The largest absolute Gasteiger partial charge is 0.493 e. The van der Waals surface area contributed by atoms with Gasteiger partial charge in [0.25, 0.3) is 0 Å². The van der Waals surface area contributed by atoms with Crippen LogP contribution in [0.1, 0.15) is 21.9 Å². The minimum absolute atomic E-state index is 0.0852. The van der Waals surface area contributed by atoms with Crippen molar-refractivity contribution in [1.82, 2.24) is 4.57 Å². The molecule has 14 heteroatoms. The summed E-state index contributed by atoms with van der Waals surface area (Å²) >= 11 is 1.88. The van der Waals surface area contributed by atoms with Gasteiger partial charge in [0.2, 0.25) is 17.7 Å². The van der Waals surface area contributed by atoms with Gasteiger partial charge in [0.05, 0.1) is 36.4 Å². The summed E-state index contributed by atoms with van der Waals surface area (Å²) in [7, 11) is 2.95. The number of halogens is 3. The number of anilines is 2. The quantitative estimate of drug-likeness (QED) is 0.267. The lowest BCUT2D eigenvalue weighted by Crippen LogP contribution is -2.33. The SMILES string of the molecule is COc1ccc([C@@H]2c3sc(=O)n(CC(=O)Nc4cccc(C(F)(F)F)c4)c3S[C@H]3C(=O)N(c4ccccc4)C(=O)[C@@H]23)cc1OC. The molecule has 0 aliphatic carbocycles. The van der Waals surface area contributed by atoms with Crippen LogP contribution in [-0.4, -0.2) is 41.8 Å². The van der Waals surface area contributed by atoms with Crippen LogP contribution in [0.15, 0.2) is 82.6 Å². The number of rotatable bonds is 7. The topological polar surface area (TPSA) is 107 Å². The normalized spacial score (nSPS) is 19.2. The number of amides is 3. The summed E-state index contributed by atoms with van der Waals surface area (Å²) in [5.74, 6) is -2.42. The Morgan fingerprint density at radius 3 is 2.33 bits per heavy atom. The van der Waals surface area contributed by atoms with E-state index in [0.29, 0.717) is 32.7 Å². The molecule has 3 aromatic carbocycles. The molecule has 4 aromatic rings. The highest BCUT2D eigenvalue weighted by Crippen LogP contribution is 2.54. The first-order valence-electron chi connectivity index (χ1n) is 13.5. The van der Waals surface area contributed by atoms with Crippen molar-refractivity contribution in [2.24, 2.45) is 5.92 Å². The number of ether oxygens (including phenoxy) is 2. The Balaban J connectivity index is 1.41. The smallest absolute Gasteiger partial charge is 0.416 e. The molecule has 0 bridgehead atoms. The molecule has 2 aliphatic heterocycles. The van der Waals surface area contributed by atoms with E-state index in [-0.39, 0.29) is 5.69 Å². The molecule has 0 saturated carbocycles. The molecule has 6 rings (SSSR count). The Hall–Kier alpha value is -4.56. The molecule has 1 N–H and O–H groups in total. The van der Waals surface area contributed by atoms with Crippen molar-refractivity contribution in [3.63, 3.8) is 0 Å². The number of carbonyl (C=O) groups is 3. The lowest BCUT2D eigenvalue weighted by atomic mass is 9.83. The maximum atomic E-state index is 14.0. The van der Waals surface area contributed by atoms with Gasteiger partial charge in [-0.2, -0.15) is 13.2 Å². The van der Waals surface area contributed by atoms with Crippen molar-refractivity contribution < 1.29 is 37.0 Å². The maximum Gasteiger partial charge on any atom is 0.416 e. The Kier molecular flexibility index (Phi) is 7.95. The molecule has 232 valence electrons. The van der Waals surface area contributed by atoms with E-state index in [1.165, 1.54) is 30.9 Å². The number of hydrogen-bond acceptors (Lipinski definition) is 8. The lowest BCUT2D eigenvalue weighted by molar-refractivity contribution is -0.137. The van der Waals surface area contributed by atoms with E-state index < -0.39 is 58.0 Å². The van der Waals surface area contributed by atoms with Crippen LogP contribution in [-0.2, 0) is 27.1 Å². The van der Waals surface area contributed by atoms with Gasteiger partial charge in [-0.15, -0.1) is 0 Å². The minimum Gasteiger partial charge on any atom is -0.493 e. The van der Waals surface area contributed by atoms with Crippen LogP contribution >= 0.6 is 23.1 Å². The fraction of sp³-hybridized carbons (Fsp3) is 0.226. The number of benzene rings is 3. The lowest BCUT2D eigenvalue weighted by Gasteiger charge is -2.31. The third-order valence-electron chi connectivity index (χ3n) is 7.61. The van der Waals surface area contributed by atoms with Crippen molar-refractivity contribution in [1.29, 1.82) is 0 Å². The van der Waals surface area contributed by atoms with Crippen LogP contribution < -0.4 is 24.6 Å².